The summed E-state index contributed by atoms with van der Waals surface area (Å²) in [6.07, 6.45) is 4.14. The summed E-state index contributed by atoms with van der Waals surface area (Å²) in [6.45, 7) is 6.21. The van der Waals surface area contributed by atoms with E-state index in [9.17, 15) is 14.4 Å². The number of esters is 1. The van der Waals surface area contributed by atoms with Crippen LogP contribution in [0.4, 0.5) is 0 Å². The lowest BCUT2D eigenvalue weighted by Crippen LogP contribution is -2.36. The van der Waals surface area contributed by atoms with Gasteiger partial charge < -0.3 is 4.74 Å². The average molecular weight is 458 g/mol. The molecule has 0 radical (unpaired) electrons. The Balaban J connectivity index is 1.37. The zero-order chi connectivity index (χ0) is 20.9. The first-order valence-electron chi connectivity index (χ1n) is 9.93. The third-order valence-electron chi connectivity index (χ3n) is 6.24. The Morgan fingerprint density at radius 3 is 2.10 bits per heavy atom. The van der Waals surface area contributed by atoms with E-state index < -0.39 is 5.97 Å². The molecule has 0 aromatic heterocycles. The van der Waals surface area contributed by atoms with Gasteiger partial charge in [-0.15, -0.1) is 0 Å². The highest BCUT2D eigenvalue weighted by molar-refractivity contribution is 9.09. The number of carbonyl (C=O) groups excluding carboxylic acids is 3. The highest BCUT2D eigenvalue weighted by Crippen LogP contribution is 2.56. The quantitative estimate of drug-likeness (QED) is 0.289. The van der Waals surface area contributed by atoms with Crippen LogP contribution in [0.3, 0.4) is 0 Å². The number of fused-ring (bicyclic) bond motifs is 5. The summed E-state index contributed by atoms with van der Waals surface area (Å²) >= 11 is 3.49. The summed E-state index contributed by atoms with van der Waals surface area (Å²) in [5.74, 6) is -1.24. The first-order valence-corrected chi connectivity index (χ1v) is 10.8. The van der Waals surface area contributed by atoms with Gasteiger partial charge in [-0.1, -0.05) is 51.4 Å². The van der Waals surface area contributed by atoms with Crippen molar-refractivity contribution in [1.29, 1.82) is 0 Å². The molecule has 5 nitrogen and oxygen atoms in total. The Morgan fingerprint density at radius 1 is 1.07 bits per heavy atom. The molecule has 1 aromatic rings. The van der Waals surface area contributed by atoms with Crippen molar-refractivity contribution in [3.8, 4) is 0 Å². The van der Waals surface area contributed by atoms with Crippen LogP contribution in [-0.2, 0) is 14.3 Å². The molecular weight excluding hydrogens is 434 g/mol. The second kappa shape index (κ2) is 7.56. The molecule has 2 amide bonds. The molecule has 1 aromatic carbocycles. The second-order valence-electron chi connectivity index (χ2n) is 8.15. The SMILES string of the molecule is CC(C)=C1C2C=CC1C1C(=O)N(CCOC(=O)c3ccc(C(C)Br)cc3)C(=O)C21. The molecule has 1 aliphatic heterocycles. The van der Waals surface area contributed by atoms with E-state index in [0.29, 0.717) is 5.56 Å². The number of hydrogen-bond acceptors (Lipinski definition) is 4. The molecule has 0 spiro atoms. The molecule has 3 aliphatic rings. The summed E-state index contributed by atoms with van der Waals surface area (Å²) in [6, 6.07) is 7.18. The molecule has 1 heterocycles. The smallest absolute Gasteiger partial charge is 0.338 e. The van der Waals surface area contributed by atoms with E-state index in [0.717, 1.165) is 5.56 Å². The normalized spacial score (nSPS) is 28.1. The largest absolute Gasteiger partial charge is 0.460 e. The van der Waals surface area contributed by atoms with Crippen molar-refractivity contribution in [2.75, 3.05) is 13.2 Å². The number of benzene rings is 1. The number of amides is 2. The van der Waals surface area contributed by atoms with Gasteiger partial charge in [-0.25, -0.2) is 4.79 Å². The number of likely N-dealkylation sites (tertiary alicyclic amines) is 1. The standard InChI is InChI=1S/C23H24BrNO4/c1-12(2)18-16-8-9-17(18)20-19(16)21(26)25(22(20)27)10-11-29-23(28)15-6-4-14(5-7-15)13(3)24/h4-9,13,16-17,19-20H,10-11H2,1-3H3. The highest BCUT2D eigenvalue weighted by atomic mass is 79.9. The second-order valence-corrected chi connectivity index (χ2v) is 9.52. The van der Waals surface area contributed by atoms with Crippen LogP contribution >= 0.6 is 15.9 Å². The maximum absolute atomic E-state index is 12.9. The van der Waals surface area contributed by atoms with Crippen LogP contribution in [0.1, 0.15) is 41.5 Å². The van der Waals surface area contributed by atoms with E-state index in [1.54, 1.807) is 12.1 Å². The first-order chi connectivity index (χ1) is 13.8. The van der Waals surface area contributed by atoms with Gasteiger partial charge in [-0.2, -0.15) is 0 Å². The molecule has 2 aliphatic carbocycles. The van der Waals surface area contributed by atoms with Gasteiger partial charge in [-0.05, 0) is 38.5 Å². The fraction of sp³-hybridized carbons (Fsp3) is 0.435. The van der Waals surface area contributed by atoms with Crippen LogP contribution in [-0.4, -0.2) is 35.8 Å². The molecule has 2 fully saturated rings. The Labute approximate surface area is 178 Å². The minimum atomic E-state index is -0.452. The molecule has 2 bridgehead atoms. The zero-order valence-electron chi connectivity index (χ0n) is 16.7. The van der Waals surface area contributed by atoms with E-state index in [1.807, 2.05) is 32.9 Å². The number of carbonyl (C=O) groups is 3. The lowest BCUT2D eigenvalue weighted by Gasteiger charge is -2.19. The molecule has 1 saturated carbocycles. The maximum atomic E-state index is 12.9. The van der Waals surface area contributed by atoms with Gasteiger partial charge in [-0.3, -0.25) is 14.5 Å². The Hall–Kier alpha value is -2.21. The van der Waals surface area contributed by atoms with Crippen molar-refractivity contribution in [2.45, 2.75) is 25.6 Å². The average Bonchev–Trinajstić information content (AvgIpc) is 3.33. The van der Waals surface area contributed by atoms with Gasteiger partial charge in [0.05, 0.1) is 23.9 Å². The molecule has 6 heteroatoms. The van der Waals surface area contributed by atoms with Crippen molar-refractivity contribution in [1.82, 2.24) is 4.90 Å². The van der Waals surface area contributed by atoms with Crippen molar-refractivity contribution < 1.29 is 19.1 Å². The monoisotopic (exact) mass is 457 g/mol. The Bertz CT molecular complexity index is 893. The van der Waals surface area contributed by atoms with Crippen molar-refractivity contribution in [3.05, 3.63) is 58.7 Å². The third kappa shape index (κ3) is 3.27. The molecule has 1 saturated heterocycles. The molecule has 4 rings (SSSR count). The summed E-state index contributed by atoms with van der Waals surface area (Å²) in [5, 5.41) is 0. The van der Waals surface area contributed by atoms with Gasteiger partial charge in [0.2, 0.25) is 11.8 Å². The van der Waals surface area contributed by atoms with Gasteiger partial charge in [0.1, 0.15) is 6.61 Å². The van der Waals surface area contributed by atoms with Crippen LogP contribution in [0, 0.1) is 23.7 Å². The summed E-state index contributed by atoms with van der Waals surface area (Å²) in [7, 11) is 0. The number of nitrogens with zero attached hydrogens (tertiary/aromatic N) is 1. The van der Waals surface area contributed by atoms with E-state index in [4.69, 9.17) is 4.74 Å². The van der Waals surface area contributed by atoms with Crippen molar-refractivity contribution >= 4 is 33.7 Å². The van der Waals surface area contributed by atoms with E-state index >= 15 is 0 Å². The molecule has 5 atom stereocenters. The van der Waals surface area contributed by atoms with Crippen molar-refractivity contribution in [3.63, 3.8) is 0 Å². The summed E-state index contributed by atoms with van der Waals surface area (Å²) in [5.41, 5.74) is 3.95. The number of imide groups is 1. The summed E-state index contributed by atoms with van der Waals surface area (Å²) in [4.78, 5) is 39.6. The van der Waals surface area contributed by atoms with Gasteiger partial charge in [0.15, 0.2) is 0 Å². The Kier molecular flexibility index (Phi) is 5.23. The number of halogens is 1. The van der Waals surface area contributed by atoms with Crippen LogP contribution in [0.25, 0.3) is 0 Å². The van der Waals surface area contributed by atoms with Crippen LogP contribution in [0.15, 0.2) is 47.6 Å². The zero-order valence-corrected chi connectivity index (χ0v) is 18.3. The predicted molar refractivity (Wildman–Crippen MR) is 112 cm³/mol. The molecule has 29 heavy (non-hydrogen) atoms. The van der Waals surface area contributed by atoms with Crippen LogP contribution in [0.5, 0.6) is 0 Å². The summed E-state index contributed by atoms with van der Waals surface area (Å²) < 4.78 is 5.32. The number of hydrogen-bond donors (Lipinski definition) is 0. The number of allylic oxidation sites excluding steroid dienone is 4. The molecular formula is C23H24BrNO4. The number of rotatable bonds is 5. The maximum Gasteiger partial charge on any atom is 0.338 e. The predicted octanol–water partition coefficient (Wildman–Crippen LogP) is 4.05. The van der Waals surface area contributed by atoms with Crippen LogP contribution in [0.2, 0.25) is 0 Å². The van der Waals surface area contributed by atoms with Crippen molar-refractivity contribution in [2.24, 2.45) is 23.7 Å². The van der Waals surface area contributed by atoms with Gasteiger partial charge in [0.25, 0.3) is 0 Å². The minimum Gasteiger partial charge on any atom is -0.460 e. The van der Waals surface area contributed by atoms with Gasteiger partial charge in [0, 0.05) is 16.7 Å². The van der Waals surface area contributed by atoms with Crippen LogP contribution < -0.4 is 0 Å². The fourth-order valence-corrected chi connectivity index (χ4v) is 5.21. The highest BCUT2D eigenvalue weighted by Gasteiger charge is 2.61. The third-order valence-corrected chi connectivity index (χ3v) is 6.77. The van der Waals surface area contributed by atoms with E-state index in [1.165, 1.54) is 16.0 Å². The first kappa shape index (κ1) is 20.1. The topological polar surface area (TPSA) is 63.7 Å². The Morgan fingerprint density at radius 2 is 1.62 bits per heavy atom. The lowest BCUT2D eigenvalue weighted by atomic mass is 9.85. The van der Waals surface area contributed by atoms with E-state index in [2.05, 4.69) is 28.1 Å². The molecule has 0 N–H and O–H groups in total. The minimum absolute atomic E-state index is 0.00458. The molecule has 5 unspecified atom stereocenters. The van der Waals surface area contributed by atoms with Gasteiger partial charge >= 0.3 is 5.97 Å². The fourth-order valence-electron chi connectivity index (χ4n) is 4.91. The number of ether oxygens (including phenoxy) is 1. The lowest BCUT2D eigenvalue weighted by molar-refractivity contribution is -0.141. The van der Waals surface area contributed by atoms with E-state index in [-0.39, 0.29) is 53.5 Å². The molecule has 152 valence electrons. The number of alkyl halides is 1.